The lowest BCUT2D eigenvalue weighted by Gasteiger charge is -2.26. The van der Waals surface area contributed by atoms with Gasteiger partial charge in [-0.3, -0.25) is 14.4 Å². The molecule has 2 aromatic heterocycles. The highest BCUT2D eigenvalue weighted by molar-refractivity contribution is 7.17. The molecule has 0 spiro atoms. The molecule has 3 heterocycles. The van der Waals surface area contributed by atoms with E-state index in [0.29, 0.717) is 29.4 Å². The van der Waals surface area contributed by atoms with Crippen LogP contribution in [0, 0.1) is 0 Å². The number of carbonyl (C=O) groups is 2. The standard InChI is InChI=1S/C19H26N4O3S.ClH/c1-4-9-22-10-7-13-15(12-22)27-18(16(13)19(25)26-6-3)20-17(24)14-8-11-23(5-2)21-14;/h8,11H,4-7,9-10,12H2,1-3H3,(H,20,24);1H. The number of ether oxygens (including phenoxy) is 1. The van der Waals surface area contributed by atoms with Gasteiger partial charge in [0, 0.05) is 30.7 Å². The van der Waals surface area contributed by atoms with Crippen LogP contribution in [0.3, 0.4) is 0 Å². The summed E-state index contributed by atoms with van der Waals surface area (Å²) >= 11 is 1.47. The van der Waals surface area contributed by atoms with Crippen molar-refractivity contribution in [3.05, 3.63) is 34.0 Å². The van der Waals surface area contributed by atoms with E-state index in [1.54, 1.807) is 23.9 Å². The molecule has 1 N–H and O–H groups in total. The number of nitrogens with one attached hydrogen (secondary N) is 1. The van der Waals surface area contributed by atoms with Crippen molar-refractivity contribution in [2.45, 2.75) is 46.7 Å². The van der Waals surface area contributed by atoms with Gasteiger partial charge in [0.15, 0.2) is 5.69 Å². The van der Waals surface area contributed by atoms with Gasteiger partial charge in [-0.25, -0.2) is 4.79 Å². The van der Waals surface area contributed by atoms with Gasteiger partial charge in [0.2, 0.25) is 0 Å². The molecule has 0 atom stereocenters. The zero-order valence-corrected chi connectivity index (χ0v) is 18.1. The number of aromatic nitrogens is 2. The summed E-state index contributed by atoms with van der Waals surface area (Å²) in [6.45, 7) is 9.66. The predicted molar refractivity (Wildman–Crippen MR) is 113 cm³/mol. The molecule has 0 aliphatic carbocycles. The molecule has 28 heavy (non-hydrogen) atoms. The quantitative estimate of drug-likeness (QED) is 0.684. The summed E-state index contributed by atoms with van der Waals surface area (Å²) in [5.41, 5.74) is 1.86. The number of hydrogen-bond acceptors (Lipinski definition) is 6. The van der Waals surface area contributed by atoms with Crippen molar-refractivity contribution < 1.29 is 14.3 Å². The van der Waals surface area contributed by atoms with E-state index in [4.69, 9.17) is 4.74 Å². The van der Waals surface area contributed by atoms with Gasteiger partial charge in [-0.1, -0.05) is 6.92 Å². The van der Waals surface area contributed by atoms with Crippen LogP contribution in [0.15, 0.2) is 12.3 Å². The molecule has 0 aromatic carbocycles. The van der Waals surface area contributed by atoms with Gasteiger partial charge >= 0.3 is 5.97 Å². The Morgan fingerprint density at radius 3 is 2.75 bits per heavy atom. The lowest BCUT2D eigenvalue weighted by atomic mass is 10.0. The first-order valence-corrected chi connectivity index (χ1v) is 10.3. The van der Waals surface area contributed by atoms with Crippen LogP contribution in [-0.4, -0.2) is 46.3 Å². The molecule has 0 fully saturated rings. The molecule has 0 bridgehead atoms. The Labute approximate surface area is 175 Å². The third-order valence-corrected chi connectivity index (χ3v) is 5.71. The summed E-state index contributed by atoms with van der Waals surface area (Å²) in [7, 11) is 0. The number of aryl methyl sites for hydroxylation is 1. The summed E-state index contributed by atoms with van der Waals surface area (Å²) in [6, 6.07) is 1.68. The number of amides is 1. The maximum absolute atomic E-state index is 12.6. The second kappa shape index (κ2) is 10.0. The summed E-state index contributed by atoms with van der Waals surface area (Å²) < 4.78 is 6.96. The monoisotopic (exact) mass is 426 g/mol. The molecule has 3 rings (SSSR count). The van der Waals surface area contributed by atoms with Crippen molar-refractivity contribution >= 4 is 40.6 Å². The van der Waals surface area contributed by atoms with E-state index in [1.807, 2.05) is 6.92 Å². The molecule has 1 aliphatic heterocycles. The van der Waals surface area contributed by atoms with E-state index in [-0.39, 0.29) is 24.3 Å². The zero-order valence-electron chi connectivity index (χ0n) is 16.5. The van der Waals surface area contributed by atoms with Gasteiger partial charge in [-0.15, -0.1) is 23.7 Å². The number of halogens is 1. The molecule has 2 aromatic rings. The van der Waals surface area contributed by atoms with Crippen LogP contribution in [0.25, 0.3) is 0 Å². The molecule has 0 unspecified atom stereocenters. The van der Waals surface area contributed by atoms with Gasteiger partial charge in [0.05, 0.1) is 12.2 Å². The third kappa shape index (κ3) is 4.74. The van der Waals surface area contributed by atoms with Gasteiger partial charge < -0.3 is 10.1 Å². The predicted octanol–water partition coefficient (Wildman–Crippen LogP) is 3.58. The number of rotatable bonds is 7. The summed E-state index contributed by atoms with van der Waals surface area (Å²) in [4.78, 5) is 28.7. The number of anilines is 1. The van der Waals surface area contributed by atoms with Crippen LogP contribution in [-0.2, 0) is 24.2 Å². The molecular formula is C19H27ClN4O3S. The SMILES string of the molecule is CCCN1CCc2c(sc(NC(=O)c3ccn(CC)n3)c2C(=O)OCC)C1.Cl. The molecule has 1 amide bonds. The second-order valence-electron chi connectivity index (χ2n) is 6.47. The first-order chi connectivity index (χ1) is 13.1. The third-order valence-electron chi connectivity index (χ3n) is 4.58. The molecule has 154 valence electrons. The number of esters is 1. The molecule has 0 saturated heterocycles. The van der Waals surface area contributed by atoms with Crippen molar-refractivity contribution in [2.24, 2.45) is 0 Å². The maximum Gasteiger partial charge on any atom is 0.341 e. The van der Waals surface area contributed by atoms with Gasteiger partial charge in [0.25, 0.3) is 5.91 Å². The number of thiophene rings is 1. The minimum Gasteiger partial charge on any atom is -0.462 e. The highest BCUT2D eigenvalue weighted by Gasteiger charge is 2.29. The number of nitrogens with zero attached hydrogens (tertiary/aromatic N) is 3. The summed E-state index contributed by atoms with van der Waals surface area (Å²) in [5.74, 6) is -0.676. The highest BCUT2D eigenvalue weighted by Crippen LogP contribution is 2.37. The van der Waals surface area contributed by atoms with Crippen LogP contribution < -0.4 is 5.32 Å². The van der Waals surface area contributed by atoms with Crippen molar-refractivity contribution in [1.82, 2.24) is 14.7 Å². The molecule has 7 nitrogen and oxygen atoms in total. The fraction of sp³-hybridized carbons (Fsp3) is 0.526. The minimum absolute atomic E-state index is 0. The Balaban J connectivity index is 0.00000280. The Morgan fingerprint density at radius 1 is 1.32 bits per heavy atom. The van der Waals surface area contributed by atoms with E-state index < -0.39 is 0 Å². The average molecular weight is 427 g/mol. The first kappa shape index (κ1) is 22.4. The second-order valence-corrected chi connectivity index (χ2v) is 7.57. The van der Waals surface area contributed by atoms with Crippen LogP contribution in [0.4, 0.5) is 5.00 Å². The smallest absolute Gasteiger partial charge is 0.341 e. The average Bonchev–Trinajstić information content (AvgIpc) is 3.26. The van der Waals surface area contributed by atoms with E-state index in [0.717, 1.165) is 42.9 Å². The molecule has 0 radical (unpaired) electrons. The number of carbonyl (C=O) groups excluding carboxylic acids is 2. The van der Waals surface area contributed by atoms with Crippen molar-refractivity contribution in [3.63, 3.8) is 0 Å². The van der Waals surface area contributed by atoms with Crippen LogP contribution in [0.2, 0.25) is 0 Å². The molecular weight excluding hydrogens is 400 g/mol. The van der Waals surface area contributed by atoms with Gasteiger partial charge in [-0.2, -0.15) is 5.10 Å². The van der Waals surface area contributed by atoms with Crippen LogP contribution >= 0.6 is 23.7 Å². The minimum atomic E-state index is -0.367. The lowest BCUT2D eigenvalue weighted by molar-refractivity contribution is 0.0526. The maximum atomic E-state index is 12.6. The fourth-order valence-corrected chi connectivity index (χ4v) is 4.57. The highest BCUT2D eigenvalue weighted by atomic mass is 35.5. The Morgan fingerprint density at radius 2 is 2.11 bits per heavy atom. The Hall–Kier alpha value is -1.90. The van der Waals surface area contributed by atoms with E-state index in [9.17, 15) is 9.59 Å². The zero-order chi connectivity index (χ0) is 19.4. The molecule has 0 saturated carbocycles. The largest absolute Gasteiger partial charge is 0.462 e. The van der Waals surface area contributed by atoms with Crippen LogP contribution in [0.1, 0.15) is 58.5 Å². The fourth-order valence-electron chi connectivity index (χ4n) is 3.30. The van der Waals surface area contributed by atoms with Crippen molar-refractivity contribution in [3.8, 4) is 0 Å². The van der Waals surface area contributed by atoms with Crippen LogP contribution in [0.5, 0.6) is 0 Å². The number of fused-ring (bicyclic) bond motifs is 1. The molecule has 1 aliphatic rings. The van der Waals surface area contributed by atoms with Crippen molar-refractivity contribution in [1.29, 1.82) is 0 Å². The molecule has 9 heteroatoms. The van der Waals surface area contributed by atoms with E-state index >= 15 is 0 Å². The van der Waals surface area contributed by atoms with Crippen molar-refractivity contribution in [2.75, 3.05) is 25.0 Å². The topological polar surface area (TPSA) is 76.5 Å². The Bertz CT molecular complexity index is 833. The van der Waals surface area contributed by atoms with Gasteiger partial charge in [0.1, 0.15) is 5.00 Å². The Kier molecular flexibility index (Phi) is 8.03. The lowest BCUT2D eigenvalue weighted by Crippen LogP contribution is -2.30. The van der Waals surface area contributed by atoms with Gasteiger partial charge in [-0.05, 0) is 44.9 Å². The normalized spacial score (nSPS) is 13.5. The first-order valence-electron chi connectivity index (χ1n) is 9.46. The number of hydrogen-bond donors (Lipinski definition) is 1. The summed E-state index contributed by atoms with van der Waals surface area (Å²) in [5, 5.41) is 7.69. The van der Waals surface area contributed by atoms with E-state index in [2.05, 4.69) is 22.2 Å². The van der Waals surface area contributed by atoms with E-state index in [1.165, 1.54) is 11.3 Å². The summed E-state index contributed by atoms with van der Waals surface area (Å²) in [6.07, 6.45) is 3.65.